The molecule has 3 heterocycles. The lowest BCUT2D eigenvalue weighted by Gasteiger charge is -1.98. The first kappa shape index (κ1) is 13.5. The Morgan fingerprint density at radius 1 is 1.24 bits per heavy atom. The fourth-order valence-electron chi connectivity index (χ4n) is 1.63. The molecule has 0 aromatic carbocycles. The standard InChI is InChI=1S/C11H6F3N5OS/c12-11(13,14)10-18-17-8(21-10)6-5-16-19(9(6)20)7-3-1-2-4-15-7/h1-5,16H. The molecule has 0 unspecified atom stereocenters. The summed E-state index contributed by atoms with van der Waals surface area (Å²) in [6.45, 7) is 0. The van der Waals surface area contributed by atoms with Gasteiger partial charge in [-0.25, -0.2) is 9.67 Å². The van der Waals surface area contributed by atoms with Crippen LogP contribution in [0.25, 0.3) is 16.4 Å². The van der Waals surface area contributed by atoms with Gasteiger partial charge in [-0.3, -0.25) is 9.89 Å². The van der Waals surface area contributed by atoms with E-state index in [2.05, 4.69) is 20.3 Å². The molecule has 0 spiro atoms. The van der Waals surface area contributed by atoms with Gasteiger partial charge in [0.1, 0.15) is 0 Å². The monoisotopic (exact) mass is 313 g/mol. The second-order valence-corrected chi connectivity index (χ2v) is 4.90. The van der Waals surface area contributed by atoms with E-state index < -0.39 is 16.7 Å². The van der Waals surface area contributed by atoms with E-state index in [4.69, 9.17) is 0 Å². The van der Waals surface area contributed by atoms with Crippen molar-refractivity contribution in [2.75, 3.05) is 0 Å². The van der Waals surface area contributed by atoms with Crippen molar-refractivity contribution in [1.82, 2.24) is 25.0 Å². The average Bonchev–Trinajstić information content (AvgIpc) is 3.05. The van der Waals surface area contributed by atoms with Crippen LogP contribution in [0.4, 0.5) is 13.2 Å². The molecular formula is C11H6F3N5OS. The molecule has 0 radical (unpaired) electrons. The quantitative estimate of drug-likeness (QED) is 0.786. The molecule has 0 bridgehead atoms. The summed E-state index contributed by atoms with van der Waals surface area (Å²) in [7, 11) is 0. The van der Waals surface area contributed by atoms with E-state index in [1.54, 1.807) is 18.2 Å². The minimum atomic E-state index is -4.58. The number of aromatic nitrogens is 5. The smallest absolute Gasteiger partial charge is 0.296 e. The molecule has 0 aliphatic carbocycles. The highest BCUT2D eigenvalue weighted by atomic mass is 32.1. The van der Waals surface area contributed by atoms with Gasteiger partial charge in [-0.2, -0.15) is 13.2 Å². The highest BCUT2D eigenvalue weighted by Crippen LogP contribution is 2.33. The van der Waals surface area contributed by atoms with Gasteiger partial charge >= 0.3 is 6.18 Å². The van der Waals surface area contributed by atoms with Gasteiger partial charge in [0, 0.05) is 12.4 Å². The maximum absolute atomic E-state index is 12.5. The summed E-state index contributed by atoms with van der Waals surface area (Å²) in [5.74, 6) is 0.328. The van der Waals surface area contributed by atoms with Crippen molar-refractivity contribution in [1.29, 1.82) is 0 Å². The number of hydrogen-bond acceptors (Lipinski definition) is 5. The third-order valence-corrected chi connectivity index (χ3v) is 3.55. The van der Waals surface area contributed by atoms with Gasteiger partial charge in [0.15, 0.2) is 10.8 Å². The molecule has 0 aliphatic rings. The maximum atomic E-state index is 12.5. The lowest BCUT2D eigenvalue weighted by atomic mass is 10.4. The number of hydrogen-bond donors (Lipinski definition) is 1. The summed E-state index contributed by atoms with van der Waals surface area (Å²) >= 11 is 0.315. The summed E-state index contributed by atoms with van der Waals surface area (Å²) in [6.07, 6.45) is -1.81. The largest absolute Gasteiger partial charge is 0.445 e. The molecule has 108 valence electrons. The van der Waals surface area contributed by atoms with Gasteiger partial charge < -0.3 is 0 Å². The van der Waals surface area contributed by atoms with Crippen LogP contribution in [0.1, 0.15) is 5.01 Å². The summed E-state index contributed by atoms with van der Waals surface area (Å²) in [5, 5.41) is 7.91. The van der Waals surface area contributed by atoms with E-state index >= 15 is 0 Å². The van der Waals surface area contributed by atoms with Gasteiger partial charge in [0.05, 0.1) is 5.56 Å². The first-order valence-electron chi connectivity index (χ1n) is 5.60. The van der Waals surface area contributed by atoms with Crippen molar-refractivity contribution < 1.29 is 13.2 Å². The molecular weight excluding hydrogens is 307 g/mol. The fraction of sp³-hybridized carbons (Fsp3) is 0.0909. The second-order valence-electron chi connectivity index (χ2n) is 3.93. The molecule has 0 saturated carbocycles. The van der Waals surface area contributed by atoms with Gasteiger partial charge in [-0.15, -0.1) is 10.2 Å². The average molecular weight is 313 g/mol. The molecule has 3 aromatic heterocycles. The molecule has 1 N–H and O–H groups in total. The molecule has 0 amide bonds. The summed E-state index contributed by atoms with van der Waals surface area (Å²) in [5.41, 5.74) is -0.535. The Kier molecular flexibility index (Phi) is 3.09. The Morgan fingerprint density at radius 2 is 2.05 bits per heavy atom. The number of pyridine rings is 1. The maximum Gasteiger partial charge on any atom is 0.445 e. The molecule has 0 atom stereocenters. The lowest BCUT2D eigenvalue weighted by molar-refractivity contribution is -0.138. The fourth-order valence-corrected chi connectivity index (χ4v) is 2.34. The van der Waals surface area contributed by atoms with E-state index in [0.29, 0.717) is 17.2 Å². The van der Waals surface area contributed by atoms with Gasteiger partial charge in [-0.1, -0.05) is 17.4 Å². The molecule has 3 aromatic rings. The molecule has 3 rings (SSSR count). The first-order chi connectivity index (χ1) is 9.97. The Bertz CT molecular complexity index is 820. The molecule has 6 nitrogen and oxygen atoms in total. The third kappa shape index (κ3) is 2.44. The van der Waals surface area contributed by atoms with Crippen LogP contribution in [0, 0.1) is 0 Å². The first-order valence-corrected chi connectivity index (χ1v) is 6.41. The number of aromatic amines is 1. The third-order valence-electron chi connectivity index (χ3n) is 2.55. The number of nitrogens with zero attached hydrogens (tertiary/aromatic N) is 4. The zero-order valence-electron chi connectivity index (χ0n) is 10.1. The Labute approximate surface area is 118 Å². The van der Waals surface area contributed by atoms with Gasteiger partial charge in [0.25, 0.3) is 5.56 Å². The molecule has 0 fully saturated rings. The van der Waals surface area contributed by atoms with Crippen molar-refractivity contribution in [3.05, 3.63) is 46.0 Å². The van der Waals surface area contributed by atoms with E-state index in [-0.39, 0.29) is 10.6 Å². The number of alkyl halides is 3. The Morgan fingerprint density at radius 3 is 2.67 bits per heavy atom. The SMILES string of the molecule is O=c1c(-c2nnc(C(F)(F)F)s2)c[nH]n1-c1ccccn1. The zero-order chi connectivity index (χ0) is 15.0. The van der Waals surface area contributed by atoms with E-state index in [9.17, 15) is 18.0 Å². The lowest BCUT2D eigenvalue weighted by Crippen LogP contribution is -2.16. The van der Waals surface area contributed by atoms with Crippen molar-refractivity contribution >= 4 is 11.3 Å². The highest BCUT2D eigenvalue weighted by molar-refractivity contribution is 7.14. The van der Waals surface area contributed by atoms with Crippen molar-refractivity contribution in [3.8, 4) is 16.4 Å². The van der Waals surface area contributed by atoms with Crippen molar-refractivity contribution in [2.24, 2.45) is 0 Å². The number of rotatable bonds is 2. The number of nitrogens with one attached hydrogen (secondary N) is 1. The molecule has 0 saturated heterocycles. The topological polar surface area (TPSA) is 76.5 Å². The van der Waals surface area contributed by atoms with E-state index in [0.717, 1.165) is 4.68 Å². The van der Waals surface area contributed by atoms with Crippen LogP contribution in [-0.2, 0) is 6.18 Å². The zero-order valence-corrected chi connectivity index (χ0v) is 10.9. The van der Waals surface area contributed by atoms with Crippen molar-refractivity contribution in [2.45, 2.75) is 6.18 Å². The van der Waals surface area contributed by atoms with Crippen LogP contribution in [0.15, 0.2) is 35.4 Å². The number of H-pyrrole nitrogens is 1. The molecule has 21 heavy (non-hydrogen) atoms. The van der Waals surface area contributed by atoms with E-state index in [1.165, 1.54) is 12.4 Å². The molecule has 0 aliphatic heterocycles. The molecule has 10 heteroatoms. The summed E-state index contributed by atoms with van der Waals surface area (Å²) < 4.78 is 38.6. The van der Waals surface area contributed by atoms with E-state index in [1.807, 2.05) is 0 Å². The van der Waals surface area contributed by atoms with Crippen LogP contribution in [0.5, 0.6) is 0 Å². The summed E-state index contributed by atoms with van der Waals surface area (Å²) in [4.78, 5) is 16.2. The minimum Gasteiger partial charge on any atom is -0.296 e. The van der Waals surface area contributed by atoms with Crippen LogP contribution >= 0.6 is 11.3 Å². The van der Waals surface area contributed by atoms with Crippen LogP contribution in [0.2, 0.25) is 0 Å². The predicted molar refractivity (Wildman–Crippen MR) is 68.1 cm³/mol. The van der Waals surface area contributed by atoms with Crippen LogP contribution < -0.4 is 5.56 Å². The normalized spacial score (nSPS) is 11.8. The van der Waals surface area contributed by atoms with Gasteiger partial charge in [0.2, 0.25) is 5.01 Å². The van der Waals surface area contributed by atoms with Crippen LogP contribution in [0.3, 0.4) is 0 Å². The van der Waals surface area contributed by atoms with Crippen LogP contribution in [-0.4, -0.2) is 25.0 Å². The summed E-state index contributed by atoms with van der Waals surface area (Å²) in [6, 6.07) is 4.95. The number of halogens is 3. The van der Waals surface area contributed by atoms with Crippen molar-refractivity contribution in [3.63, 3.8) is 0 Å². The Balaban J connectivity index is 2.04. The Hall–Kier alpha value is -2.49. The highest BCUT2D eigenvalue weighted by Gasteiger charge is 2.36. The van der Waals surface area contributed by atoms with Gasteiger partial charge in [-0.05, 0) is 12.1 Å². The predicted octanol–water partition coefficient (Wildman–Crippen LogP) is 2.10. The minimum absolute atomic E-state index is 0.00801. The second kappa shape index (κ2) is 4.81.